The molecule has 0 radical (unpaired) electrons. The Morgan fingerprint density at radius 2 is 1.77 bits per heavy atom. The summed E-state index contributed by atoms with van der Waals surface area (Å²) in [6.07, 6.45) is 2.01. The minimum atomic E-state index is -0.289. The van der Waals surface area contributed by atoms with Crippen molar-refractivity contribution in [3.63, 3.8) is 0 Å². The van der Waals surface area contributed by atoms with Crippen molar-refractivity contribution in [2.75, 3.05) is 19.3 Å². The van der Waals surface area contributed by atoms with Gasteiger partial charge in [-0.25, -0.2) is 0 Å². The summed E-state index contributed by atoms with van der Waals surface area (Å²) in [6, 6.07) is 15.5. The van der Waals surface area contributed by atoms with Crippen molar-refractivity contribution in [2.24, 2.45) is 11.5 Å². The number of nitrogens with two attached hydrogens (primary N) is 3. The summed E-state index contributed by atoms with van der Waals surface area (Å²) in [5.74, 6) is 7.09. The predicted molar refractivity (Wildman–Crippen MR) is 108 cm³/mol. The molecule has 2 aromatic carbocycles. The average Bonchev–Trinajstić information content (AvgIpc) is 2.63. The van der Waals surface area contributed by atoms with Gasteiger partial charge >= 0.3 is 0 Å². The summed E-state index contributed by atoms with van der Waals surface area (Å²) >= 11 is 0. The molecule has 0 bridgehead atoms. The lowest BCUT2D eigenvalue weighted by Gasteiger charge is -2.29. The monoisotopic (exact) mass is 344 g/mol. The topological polar surface area (TPSA) is 81.3 Å². The highest BCUT2D eigenvalue weighted by molar-refractivity contribution is 5.52. The second kappa shape index (κ2) is 7.38. The van der Waals surface area contributed by atoms with Crippen LogP contribution in [0.1, 0.15) is 22.7 Å². The first-order chi connectivity index (χ1) is 12.4. The molecule has 1 atom stereocenters. The molecule has 0 aliphatic carbocycles. The number of aryl methyl sites for hydroxylation is 1. The molecular formula is C22H24N4. The SMILES string of the molecule is Cc1ccc(C(N)C2=C(N)N(C)CC(C#Cc3cccc(N)c3)=C2)cc1. The van der Waals surface area contributed by atoms with Gasteiger partial charge in [0.05, 0.1) is 12.6 Å². The smallest absolute Gasteiger partial charge is 0.104 e. The van der Waals surface area contributed by atoms with E-state index >= 15 is 0 Å². The number of rotatable bonds is 2. The molecule has 0 spiro atoms. The molecule has 0 fully saturated rings. The van der Waals surface area contributed by atoms with Crippen LogP contribution in [-0.4, -0.2) is 18.5 Å². The first-order valence-corrected chi connectivity index (χ1v) is 8.55. The van der Waals surface area contributed by atoms with Gasteiger partial charge in [-0.2, -0.15) is 0 Å². The normalized spacial score (nSPS) is 15.2. The summed E-state index contributed by atoms with van der Waals surface area (Å²) < 4.78 is 0. The number of likely N-dealkylation sites (N-methyl/N-ethyl adjacent to an activating group) is 1. The molecule has 3 rings (SSSR count). The lowest BCUT2D eigenvalue weighted by atomic mass is 9.94. The van der Waals surface area contributed by atoms with Gasteiger partial charge in [-0.15, -0.1) is 0 Å². The Kier molecular flexibility index (Phi) is 5.01. The Labute approximate surface area is 155 Å². The van der Waals surface area contributed by atoms with Gasteiger partial charge in [0, 0.05) is 29.4 Å². The Hall–Kier alpha value is -3.16. The summed E-state index contributed by atoms with van der Waals surface area (Å²) in [5.41, 5.74) is 24.3. The largest absolute Gasteiger partial charge is 0.399 e. The van der Waals surface area contributed by atoms with Crippen LogP contribution in [0.3, 0.4) is 0 Å². The Morgan fingerprint density at radius 1 is 1.04 bits per heavy atom. The van der Waals surface area contributed by atoms with E-state index in [4.69, 9.17) is 17.2 Å². The van der Waals surface area contributed by atoms with Gasteiger partial charge in [0.2, 0.25) is 0 Å². The van der Waals surface area contributed by atoms with Crippen LogP contribution >= 0.6 is 0 Å². The lowest BCUT2D eigenvalue weighted by Crippen LogP contribution is -2.32. The van der Waals surface area contributed by atoms with E-state index in [2.05, 4.69) is 30.9 Å². The maximum Gasteiger partial charge on any atom is 0.104 e. The van der Waals surface area contributed by atoms with Crippen molar-refractivity contribution < 1.29 is 0 Å². The van der Waals surface area contributed by atoms with Gasteiger partial charge in [0.1, 0.15) is 5.82 Å². The van der Waals surface area contributed by atoms with Crippen LogP contribution in [0.25, 0.3) is 0 Å². The van der Waals surface area contributed by atoms with E-state index in [0.717, 1.165) is 22.3 Å². The first-order valence-electron chi connectivity index (χ1n) is 8.55. The van der Waals surface area contributed by atoms with E-state index in [-0.39, 0.29) is 6.04 Å². The molecular weight excluding hydrogens is 320 g/mol. The molecule has 1 unspecified atom stereocenters. The van der Waals surface area contributed by atoms with E-state index < -0.39 is 0 Å². The van der Waals surface area contributed by atoms with Crippen LogP contribution in [0.2, 0.25) is 0 Å². The molecule has 0 saturated carbocycles. The summed E-state index contributed by atoms with van der Waals surface area (Å²) in [6.45, 7) is 2.71. The molecule has 1 aliphatic rings. The zero-order chi connectivity index (χ0) is 18.7. The van der Waals surface area contributed by atoms with E-state index in [9.17, 15) is 0 Å². The molecule has 4 heteroatoms. The Balaban J connectivity index is 1.91. The molecule has 6 N–H and O–H groups in total. The molecule has 4 nitrogen and oxygen atoms in total. The summed E-state index contributed by atoms with van der Waals surface area (Å²) in [4.78, 5) is 1.98. The fraction of sp³-hybridized carbons (Fsp3) is 0.182. The van der Waals surface area contributed by atoms with E-state index in [1.807, 2.05) is 54.4 Å². The van der Waals surface area contributed by atoms with Gasteiger partial charge in [0.25, 0.3) is 0 Å². The molecule has 1 heterocycles. The summed E-state index contributed by atoms with van der Waals surface area (Å²) in [7, 11) is 1.95. The Bertz CT molecular complexity index is 927. The lowest BCUT2D eigenvalue weighted by molar-refractivity contribution is 0.435. The molecule has 2 aromatic rings. The van der Waals surface area contributed by atoms with Crippen LogP contribution in [0.15, 0.2) is 71.6 Å². The van der Waals surface area contributed by atoms with Crippen molar-refractivity contribution in [3.8, 4) is 11.8 Å². The van der Waals surface area contributed by atoms with Crippen LogP contribution in [0.5, 0.6) is 0 Å². The van der Waals surface area contributed by atoms with Gasteiger partial charge in [0.15, 0.2) is 0 Å². The molecule has 0 saturated heterocycles. The van der Waals surface area contributed by atoms with Crippen molar-refractivity contribution in [2.45, 2.75) is 13.0 Å². The Morgan fingerprint density at radius 3 is 2.46 bits per heavy atom. The zero-order valence-electron chi connectivity index (χ0n) is 15.2. The molecule has 1 aliphatic heterocycles. The fourth-order valence-electron chi connectivity index (χ4n) is 2.92. The van der Waals surface area contributed by atoms with Gasteiger partial charge in [-0.05, 0) is 36.8 Å². The van der Waals surface area contributed by atoms with Gasteiger partial charge < -0.3 is 22.1 Å². The highest BCUT2D eigenvalue weighted by Gasteiger charge is 2.20. The van der Waals surface area contributed by atoms with Crippen LogP contribution < -0.4 is 17.2 Å². The number of hydrogen-bond donors (Lipinski definition) is 3. The van der Waals surface area contributed by atoms with Crippen molar-refractivity contribution >= 4 is 5.69 Å². The zero-order valence-corrected chi connectivity index (χ0v) is 15.2. The number of nitrogen functional groups attached to an aromatic ring is 1. The minimum Gasteiger partial charge on any atom is -0.399 e. The number of nitrogens with zero attached hydrogens (tertiary/aromatic N) is 1. The van der Waals surface area contributed by atoms with Gasteiger partial charge in [-0.3, -0.25) is 0 Å². The van der Waals surface area contributed by atoms with E-state index in [1.54, 1.807) is 0 Å². The second-order valence-corrected chi connectivity index (χ2v) is 6.63. The third kappa shape index (κ3) is 3.90. The molecule has 132 valence electrons. The fourth-order valence-corrected chi connectivity index (χ4v) is 2.92. The van der Waals surface area contributed by atoms with Crippen molar-refractivity contribution in [1.29, 1.82) is 0 Å². The van der Waals surface area contributed by atoms with E-state index in [0.29, 0.717) is 18.1 Å². The summed E-state index contributed by atoms with van der Waals surface area (Å²) in [5, 5.41) is 0. The van der Waals surface area contributed by atoms with E-state index in [1.165, 1.54) is 5.56 Å². The predicted octanol–water partition coefficient (Wildman–Crippen LogP) is 2.67. The third-order valence-corrected chi connectivity index (χ3v) is 4.47. The maximum absolute atomic E-state index is 6.49. The number of anilines is 1. The highest BCUT2D eigenvalue weighted by atomic mass is 15.2. The second-order valence-electron chi connectivity index (χ2n) is 6.63. The van der Waals surface area contributed by atoms with Crippen molar-refractivity contribution in [1.82, 2.24) is 4.90 Å². The standard InChI is InChI=1S/C22H24N4/c1-15-6-10-18(11-7-15)21(24)20-13-17(14-26(2)22(20)25)9-8-16-4-3-5-19(23)12-16/h3-7,10-13,21H,14,23-25H2,1-2H3. The maximum atomic E-state index is 6.49. The molecule has 26 heavy (non-hydrogen) atoms. The molecule has 0 aromatic heterocycles. The quantitative estimate of drug-likeness (QED) is 0.578. The van der Waals surface area contributed by atoms with Crippen molar-refractivity contribution in [3.05, 3.63) is 88.3 Å². The number of benzene rings is 2. The first kappa shape index (κ1) is 17.7. The van der Waals surface area contributed by atoms with Crippen LogP contribution in [0, 0.1) is 18.8 Å². The minimum absolute atomic E-state index is 0.289. The average molecular weight is 344 g/mol. The highest BCUT2D eigenvalue weighted by Crippen LogP contribution is 2.27. The number of hydrogen-bond acceptors (Lipinski definition) is 4. The van der Waals surface area contributed by atoms with Crippen LogP contribution in [-0.2, 0) is 0 Å². The molecule has 0 amide bonds. The van der Waals surface area contributed by atoms with Crippen LogP contribution in [0.4, 0.5) is 5.69 Å². The van der Waals surface area contributed by atoms with Gasteiger partial charge in [-0.1, -0.05) is 47.7 Å². The third-order valence-electron chi connectivity index (χ3n) is 4.47.